The van der Waals surface area contributed by atoms with Gasteiger partial charge in [0.25, 0.3) is 0 Å². The van der Waals surface area contributed by atoms with Gasteiger partial charge in [0, 0.05) is 58.4 Å². The summed E-state index contributed by atoms with van der Waals surface area (Å²) < 4.78 is 51.4. The molecule has 3 amide bonds. The number of hydrogen-bond donors (Lipinski definition) is 4. The van der Waals surface area contributed by atoms with Crippen molar-refractivity contribution in [1.29, 1.82) is 0 Å². The number of sulfonamides is 1. The molecule has 1 aliphatic heterocycles. The number of amides is 3. The first-order valence-electron chi connectivity index (χ1n) is 21.9. The van der Waals surface area contributed by atoms with E-state index in [1.807, 2.05) is 45.0 Å². The van der Waals surface area contributed by atoms with Crippen molar-refractivity contribution < 1.29 is 51.6 Å². The van der Waals surface area contributed by atoms with Crippen LogP contribution in [0.4, 0.5) is 0 Å². The lowest BCUT2D eigenvalue weighted by atomic mass is 9.96. The molecule has 0 aromatic heterocycles. The number of ether oxygens (including phenoxy) is 4. The van der Waals surface area contributed by atoms with E-state index in [0.29, 0.717) is 74.1 Å². The Kier molecular flexibility index (Phi) is 20.9. The molecule has 4 rings (SSSR count). The Morgan fingerprint density at radius 2 is 1.47 bits per heavy atom. The quantitative estimate of drug-likeness (QED) is 0.0565. The molecule has 364 valence electrons. The number of unbranched alkanes of at least 4 members (excludes halogenated alkanes) is 1. The highest BCUT2D eigenvalue weighted by Crippen LogP contribution is 2.41. The highest BCUT2D eigenvalue weighted by atomic mass is 35.5. The standard InChI is InChI=1S/C47H64Cl2N4O11S2/c1-8-9-12-41(54)50-17-18-51-42(55)26-63-28-46(2,3)29-64-30-47(4,5)65-27-32-21-39(61-6)43(40(22-32)62-7)33-15-13-31(14-16-33)20-37(45(57)58)52-44(56)38-11-10-19-53(38)66(59,60)36-24-34(48)23-35(49)25-36/h13-16,21-25,37-38H,8-12,17-20,26-30H2,1-7H3,(H,50,54)(H,51,55)(H,52,56)(H,57,58)/t37-,38-/m0/s1. The van der Waals surface area contributed by atoms with Crippen LogP contribution in [0, 0.1) is 5.41 Å². The van der Waals surface area contributed by atoms with E-state index in [0.717, 1.165) is 28.3 Å². The second-order valence-corrected chi connectivity index (χ2v) is 22.0. The van der Waals surface area contributed by atoms with Crippen LogP contribution < -0.4 is 25.4 Å². The zero-order chi connectivity index (χ0) is 48.7. The summed E-state index contributed by atoms with van der Waals surface area (Å²) in [6, 6.07) is 12.6. The van der Waals surface area contributed by atoms with Crippen LogP contribution in [0.5, 0.6) is 11.5 Å². The van der Waals surface area contributed by atoms with E-state index in [-0.39, 0.29) is 62.9 Å². The topological polar surface area (TPSA) is 199 Å². The molecule has 3 aromatic rings. The number of nitrogens with one attached hydrogen (secondary N) is 3. The van der Waals surface area contributed by atoms with Crippen LogP contribution in [-0.2, 0) is 50.8 Å². The highest BCUT2D eigenvalue weighted by molar-refractivity contribution is 7.99. The summed E-state index contributed by atoms with van der Waals surface area (Å²) >= 11 is 13.8. The summed E-state index contributed by atoms with van der Waals surface area (Å²) in [5.74, 6) is -0.426. The fourth-order valence-electron chi connectivity index (χ4n) is 7.18. The van der Waals surface area contributed by atoms with Gasteiger partial charge in [-0.15, -0.1) is 11.8 Å². The fourth-order valence-corrected chi connectivity index (χ4v) is 10.5. The average molecular weight is 996 g/mol. The van der Waals surface area contributed by atoms with Crippen molar-refractivity contribution in [2.75, 3.05) is 60.3 Å². The van der Waals surface area contributed by atoms with Crippen molar-refractivity contribution >= 4 is 68.7 Å². The third-order valence-corrected chi connectivity index (χ3v) is 14.3. The van der Waals surface area contributed by atoms with E-state index in [1.54, 1.807) is 38.1 Å². The Labute approximate surface area is 403 Å². The average Bonchev–Trinajstić information content (AvgIpc) is 3.77. The number of methoxy groups -OCH3 is 2. The van der Waals surface area contributed by atoms with Crippen LogP contribution in [0.25, 0.3) is 11.1 Å². The largest absolute Gasteiger partial charge is 0.496 e. The van der Waals surface area contributed by atoms with E-state index in [4.69, 9.17) is 42.1 Å². The van der Waals surface area contributed by atoms with E-state index >= 15 is 0 Å². The van der Waals surface area contributed by atoms with Crippen LogP contribution >= 0.6 is 35.0 Å². The molecule has 1 fully saturated rings. The van der Waals surface area contributed by atoms with E-state index in [9.17, 15) is 32.7 Å². The number of halogens is 2. The summed E-state index contributed by atoms with van der Waals surface area (Å²) in [6.07, 6.45) is 2.86. The number of benzene rings is 3. The van der Waals surface area contributed by atoms with Gasteiger partial charge in [-0.05, 0) is 80.1 Å². The molecule has 1 aliphatic rings. The number of carbonyl (C=O) groups is 4. The number of nitrogens with zero attached hydrogens (tertiary/aromatic N) is 1. The molecule has 1 heterocycles. The van der Waals surface area contributed by atoms with Crippen molar-refractivity contribution in [3.05, 3.63) is 75.8 Å². The zero-order valence-corrected chi connectivity index (χ0v) is 41.9. The van der Waals surface area contributed by atoms with E-state index in [2.05, 4.69) is 29.8 Å². The maximum absolute atomic E-state index is 13.5. The number of rotatable bonds is 27. The molecule has 2 atom stereocenters. The van der Waals surface area contributed by atoms with Gasteiger partial charge in [-0.1, -0.05) is 74.7 Å². The summed E-state index contributed by atoms with van der Waals surface area (Å²) in [6.45, 7) is 12.2. The van der Waals surface area contributed by atoms with Crippen molar-refractivity contribution in [3.8, 4) is 22.6 Å². The molecule has 0 bridgehead atoms. The summed E-state index contributed by atoms with van der Waals surface area (Å²) in [5, 5.41) is 18.5. The molecule has 19 heteroatoms. The Morgan fingerprint density at radius 1 is 0.864 bits per heavy atom. The second kappa shape index (κ2) is 25.3. The van der Waals surface area contributed by atoms with Crippen molar-refractivity contribution in [2.45, 2.75) is 101 Å². The van der Waals surface area contributed by atoms with Gasteiger partial charge in [-0.25, -0.2) is 13.2 Å². The predicted octanol–water partition coefficient (Wildman–Crippen LogP) is 7.14. The lowest BCUT2D eigenvalue weighted by Gasteiger charge is -2.29. The molecule has 1 saturated heterocycles. The lowest BCUT2D eigenvalue weighted by molar-refractivity contribution is -0.142. The van der Waals surface area contributed by atoms with Gasteiger partial charge in [-0.3, -0.25) is 14.4 Å². The molecule has 0 unspecified atom stereocenters. The summed E-state index contributed by atoms with van der Waals surface area (Å²) in [7, 11) is -0.994. The first-order chi connectivity index (χ1) is 31.2. The Bertz CT molecular complexity index is 2200. The number of carboxylic acids is 1. The molecule has 3 aromatic carbocycles. The minimum atomic E-state index is -4.16. The smallest absolute Gasteiger partial charge is 0.326 e. The normalized spacial score (nSPS) is 15.0. The minimum Gasteiger partial charge on any atom is -0.496 e. The Balaban J connectivity index is 1.30. The van der Waals surface area contributed by atoms with Gasteiger partial charge in [0.15, 0.2) is 0 Å². The number of thioether (sulfide) groups is 1. The molecule has 0 aliphatic carbocycles. The van der Waals surface area contributed by atoms with Gasteiger partial charge in [0.1, 0.15) is 30.2 Å². The molecule has 0 radical (unpaired) electrons. The van der Waals surface area contributed by atoms with Crippen LogP contribution in [-0.4, -0.2) is 119 Å². The molecule has 15 nitrogen and oxygen atoms in total. The number of carboxylic acid groups (broad SMARTS) is 1. The first kappa shape index (κ1) is 54.5. The van der Waals surface area contributed by atoms with Gasteiger partial charge >= 0.3 is 5.97 Å². The van der Waals surface area contributed by atoms with E-state index in [1.165, 1.54) is 18.2 Å². The lowest BCUT2D eigenvalue weighted by Crippen LogP contribution is -2.51. The first-order valence-corrected chi connectivity index (χ1v) is 25.0. The second-order valence-electron chi connectivity index (χ2n) is 17.6. The van der Waals surface area contributed by atoms with Gasteiger partial charge in [-0.2, -0.15) is 4.31 Å². The van der Waals surface area contributed by atoms with Crippen LogP contribution in [0.2, 0.25) is 10.0 Å². The fraction of sp³-hybridized carbons (Fsp3) is 0.532. The zero-order valence-electron chi connectivity index (χ0n) is 38.8. The van der Waals surface area contributed by atoms with Crippen molar-refractivity contribution in [2.24, 2.45) is 5.41 Å². The molecule has 0 saturated carbocycles. The van der Waals surface area contributed by atoms with Crippen LogP contribution in [0.3, 0.4) is 0 Å². The maximum Gasteiger partial charge on any atom is 0.326 e. The maximum atomic E-state index is 13.5. The van der Waals surface area contributed by atoms with Crippen molar-refractivity contribution in [1.82, 2.24) is 20.3 Å². The highest BCUT2D eigenvalue weighted by Gasteiger charge is 2.41. The Morgan fingerprint density at radius 3 is 2.06 bits per heavy atom. The summed E-state index contributed by atoms with van der Waals surface area (Å²) in [4.78, 5) is 49.6. The number of aliphatic carboxylic acids is 1. The predicted molar refractivity (Wildman–Crippen MR) is 258 cm³/mol. The molecule has 66 heavy (non-hydrogen) atoms. The van der Waals surface area contributed by atoms with E-state index < -0.39 is 34.0 Å². The van der Waals surface area contributed by atoms with Crippen LogP contribution in [0.1, 0.15) is 77.8 Å². The Hall–Kier alpha value is -4.10. The monoisotopic (exact) mass is 994 g/mol. The summed E-state index contributed by atoms with van der Waals surface area (Å²) in [5.41, 5.74) is 2.74. The van der Waals surface area contributed by atoms with Gasteiger partial charge in [0.2, 0.25) is 27.7 Å². The molecule has 4 N–H and O–H groups in total. The number of carbonyl (C=O) groups excluding carboxylic acids is 3. The third-order valence-electron chi connectivity index (χ3n) is 10.6. The third kappa shape index (κ3) is 16.6. The molecule has 0 spiro atoms. The van der Waals surface area contributed by atoms with Gasteiger partial charge in [0.05, 0.1) is 44.5 Å². The molecular formula is C47H64Cl2N4O11S2. The SMILES string of the molecule is CCCCC(=O)NCCNC(=O)COCC(C)(C)COCC(C)(C)SCc1cc(OC)c(-c2ccc(C[C@H](NC(=O)[C@@H]3CCCN3S(=O)(=O)c3cc(Cl)cc(Cl)c3)C(=O)O)cc2)c(OC)c1. The number of hydrogen-bond acceptors (Lipinski definition) is 11. The minimum absolute atomic E-state index is 0.0152. The van der Waals surface area contributed by atoms with Crippen LogP contribution in [0.15, 0.2) is 59.5 Å². The molecular weight excluding hydrogens is 932 g/mol. The van der Waals surface area contributed by atoms with Gasteiger partial charge < -0.3 is 40.0 Å². The van der Waals surface area contributed by atoms with Crippen molar-refractivity contribution in [3.63, 3.8) is 0 Å².